The molecule has 2 atom stereocenters. The Balaban J connectivity index is 4.26. The van der Waals surface area contributed by atoms with Crippen molar-refractivity contribution in [2.24, 2.45) is 0 Å². The molecule has 0 aliphatic carbocycles. The molecule has 3 N–H and O–H groups in total. The summed E-state index contributed by atoms with van der Waals surface area (Å²) >= 11 is 0. The molecule has 13 heavy (non-hydrogen) atoms. The van der Waals surface area contributed by atoms with Gasteiger partial charge in [-0.15, -0.1) is 0 Å². The molecule has 0 aliphatic heterocycles. The third kappa shape index (κ3) is 7.34. The van der Waals surface area contributed by atoms with Crippen LogP contribution in [0.15, 0.2) is 0 Å². The summed E-state index contributed by atoms with van der Waals surface area (Å²) in [5.41, 5.74) is 0. The van der Waals surface area contributed by atoms with E-state index >= 15 is 0 Å². The molecule has 0 saturated carbocycles. The van der Waals surface area contributed by atoms with Crippen molar-refractivity contribution in [3.05, 3.63) is 0 Å². The number of rotatable bonds is 5. The summed E-state index contributed by atoms with van der Waals surface area (Å²) in [6, 6.07) is 0. The van der Waals surface area contributed by atoms with E-state index in [1.54, 1.807) is 6.92 Å². The standard InChI is InChI=1S/C4H12O7P2/c1-3-4(2)10-13(8,9)11-12(5,6)7/h4H,3H2,1-2H3,(H,8,9)(H2,5,6,7). The molecule has 9 heteroatoms. The molecule has 2 unspecified atom stereocenters. The van der Waals surface area contributed by atoms with Crippen molar-refractivity contribution in [2.45, 2.75) is 26.4 Å². The van der Waals surface area contributed by atoms with E-state index in [9.17, 15) is 9.13 Å². The second kappa shape index (κ2) is 4.66. The molecular weight excluding hydrogens is 222 g/mol. The Labute approximate surface area is 75.5 Å². The average Bonchev–Trinajstić information content (AvgIpc) is 1.80. The Hall–Kier alpha value is 0.260. The fourth-order valence-corrected chi connectivity index (χ4v) is 2.29. The van der Waals surface area contributed by atoms with Crippen molar-refractivity contribution in [2.75, 3.05) is 0 Å². The van der Waals surface area contributed by atoms with E-state index in [1.165, 1.54) is 6.92 Å². The van der Waals surface area contributed by atoms with Gasteiger partial charge in [0, 0.05) is 0 Å². The van der Waals surface area contributed by atoms with Gasteiger partial charge in [0.25, 0.3) is 0 Å². The molecule has 80 valence electrons. The Kier molecular flexibility index (Phi) is 4.76. The van der Waals surface area contributed by atoms with Crippen molar-refractivity contribution < 1.29 is 32.6 Å². The number of phosphoric ester groups is 1. The largest absolute Gasteiger partial charge is 0.481 e. The lowest BCUT2D eigenvalue weighted by Crippen LogP contribution is -2.05. The van der Waals surface area contributed by atoms with Crippen LogP contribution in [0.25, 0.3) is 0 Å². The van der Waals surface area contributed by atoms with E-state index in [4.69, 9.17) is 14.7 Å². The molecule has 0 bridgehead atoms. The van der Waals surface area contributed by atoms with E-state index in [-0.39, 0.29) is 0 Å². The highest BCUT2D eigenvalue weighted by Gasteiger charge is 2.33. The summed E-state index contributed by atoms with van der Waals surface area (Å²) in [5, 5.41) is 0. The van der Waals surface area contributed by atoms with E-state index in [2.05, 4.69) is 8.83 Å². The molecular formula is C4H12O7P2. The topological polar surface area (TPSA) is 113 Å². The van der Waals surface area contributed by atoms with E-state index in [0.717, 1.165) is 0 Å². The molecule has 0 spiro atoms. The van der Waals surface area contributed by atoms with Gasteiger partial charge in [-0.2, -0.15) is 4.31 Å². The fourth-order valence-electron chi connectivity index (χ4n) is 0.456. The van der Waals surface area contributed by atoms with Gasteiger partial charge < -0.3 is 14.7 Å². The molecule has 7 nitrogen and oxygen atoms in total. The van der Waals surface area contributed by atoms with Crippen LogP contribution < -0.4 is 0 Å². The minimum Gasteiger partial charge on any atom is -0.302 e. The van der Waals surface area contributed by atoms with Gasteiger partial charge in [-0.1, -0.05) is 6.92 Å². The summed E-state index contributed by atoms with van der Waals surface area (Å²) in [6.07, 6.45) is -0.183. The minimum atomic E-state index is -4.99. The van der Waals surface area contributed by atoms with Crippen molar-refractivity contribution >= 4 is 15.6 Å². The summed E-state index contributed by atoms with van der Waals surface area (Å²) in [5.74, 6) is 0. The zero-order valence-corrected chi connectivity index (χ0v) is 8.94. The van der Waals surface area contributed by atoms with Gasteiger partial charge in [0.1, 0.15) is 0 Å². The predicted octanol–water partition coefficient (Wildman–Crippen LogP) is 1.01. The van der Waals surface area contributed by atoms with E-state index in [0.29, 0.717) is 6.42 Å². The highest BCUT2D eigenvalue weighted by Crippen LogP contribution is 2.58. The second-order valence-corrected chi connectivity index (χ2v) is 5.15. The van der Waals surface area contributed by atoms with Crippen LogP contribution in [0.1, 0.15) is 20.3 Å². The first kappa shape index (κ1) is 13.3. The minimum absolute atomic E-state index is 0.426. The van der Waals surface area contributed by atoms with Gasteiger partial charge in [-0.3, -0.25) is 4.52 Å². The molecule has 0 aromatic rings. The monoisotopic (exact) mass is 234 g/mol. The van der Waals surface area contributed by atoms with E-state index < -0.39 is 21.7 Å². The van der Waals surface area contributed by atoms with Crippen LogP contribution in [0, 0.1) is 0 Å². The lowest BCUT2D eigenvalue weighted by molar-refractivity contribution is 0.134. The van der Waals surface area contributed by atoms with Gasteiger partial charge in [0.15, 0.2) is 0 Å². The van der Waals surface area contributed by atoms with Crippen molar-refractivity contribution in [1.82, 2.24) is 0 Å². The van der Waals surface area contributed by atoms with Crippen LogP contribution in [0.3, 0.4) is 0 Å². The first-order chi connectivity index (χ1) is 5.66. The van der Waals surface area contributed by atoms with Gasteiger partial charge >= 0.3 is 15.6 Å². The van der Waals surface area contributed by atoms with Crippen LogP contribution in [0.5, 0.6) is 0 Å². The first-order valence-electron chi connectivity index (χ1n) is 3.44. The number of hydrogen-bond acceptors (Lipinski definition) is 4. The fraction of sp³-hybridized carbons (Fsp3) is 1.00. The lowest BCUT2D eigenvalue weighted by Gasteiger charge is -2.15. The van der Waals surface area contributed by atoms with Crippen LogP contribution in [0.2, 0.25) is 0 Å². The number of phosphoric acid groups is 2. The molecule has 0 rings (SSSR count). The molecule has 0 heterocycles. The van der Waals surface area contributed by atoms with Crippen LogP contribution in [0.4, 0.5) is 0 Å². The molecule has 0 aromatic carbocycles. The Bertz CT molecular complexity index is 245. The molecule has 0 amide bonds. The molecule has 0 radical (unpaired) electrons. The van der Waals surface area contributed by atoms with Crippen molar-refractivity contribution in [3.63, 3.8) is 0 Å². The average molecular weight is 234 g/mol. The molecule has 0 aromatic heterocycles. The van der Waals surface area contributed by atoms with Gasteiger partial charge in [-0.25, -0.2) is 9.13 Å². The van der Waals surface area contributed by atoms with Crippen LogP contribution in [-0.2, 0) is 18.0 Å². The Morgan fingerprint density at radius 2 is 1.77 bits per heavy atom. The summed E-state index contributed by atoms with van der Waals surface area (Å²) < 4.78 is 28.9. The maximum Gasteiger partial charge on any atom is 0.481 e. The predicted molar refractivity (Wildman–Crippen MR) is 43.8 cm³/mol. The summed E-state index contributed by atoms with van der Waals surface area (Å²) in [4.78, 5) is 25.2. The molecule has 0 saturated heterocycles. The zero-order chi connectivity index (χ0) is 10.7. The van der Waals surface area contributed by atoms with Gasteiger partial charge in [0.2, 0.25) is 0 Å². The summed E-state index contributed by atoms with van der Waals surface area (Å²) in [7, 11) is -9.64. The summed E-state index contributed by atoms with van der Waals surface area (Å²) in [6.45, 7) is 3.16. The highest BCUT2D eigenvalue weighted by molar-refractivity contribution is 7.60. The Morgan fingerprint density at radius 3 is 2.08 bits per heavy atom. The maximum absolute atomic E-state index is 10.8. The smallest absolute Gasteiger partial charge is 0.302 e. The number of hydrogen-bond donors (Lipinski definition) is 3. The lowest BCUT2D eigenvalue weighted by atomic mass is 10.3. The van der Waals surface area contributed by atoms with Crippen molar-refractivity contribution in [3.8, 4) is 0 Å². The molecule has 0 aliphatic rings. The first-order valence-corrected chi connectivity index (χ1v) is 6.47. The van der Waals surface area contributed by atoms with Gasteiger partial charge in [-0.05, 0) is 13.3 Å². The van der Waals surface area contributed by atoms with Crippen molar-refractivity contribution in [1.29, 1.82) is 0 Å². The SMILES string of the molecule is CCC(C)OP(=O)(O)OP(=O)(O)O. The molecule has 0 fully saturated rings. The van der Waals surface area contributed by atoms with Crippen LogP contribution >= 0.6 is 15.6 Å². The third-order valence-corrected chi connectivity index (χ3v) is 3.40. The maximum atomic E-state index is 10.8. The Morgan fingerprint density at radius 1 is 1.31 bits per heavy atom. The normalized spacial score (nSPS) is 19.5. The third-order valence-electron chi connectivity index (χ3n) is 1.10. The van der Waals surface area contributed by atoms with Gasteiger partial charge in [0.05, 0.1) is 6.10 Å². The van der Waals surface area contributed by atoms with Crippen LogP contribution in [-0.4, -0.2) is 20.8 Å². The zero-order valence-electron chi connectivity index (χ0n) is 7.15. The second-order valence-electron chi connectivity index (χ2n) is 2.37. The quantitative estimate of drug-likeness (QED) is 0.608. The highest BCUT2D eigenvalue weighted by atomic mass is 31.3. The van der Waals surface area contributed by atoms with E-state index in [1.807, 2.05) is 0 Å².